The molecule has 0 fully saturated rings. The molecule has 0 saturated carbocycles. The lowest BCUT2D eigenvalue weighted by Gasteiger charge is -2.37. The van der Waals surface area contributed by atoms with Gasteiger partial charge in [0.25, 0.3) is 0 Å². The van der Waals surface area contributed by atoms with E-state index in [9.17, 15) is 29.1 Å². The molecule has 3 atom stereocenters. The highest BCUT2D eigenvalue weighted by molar-refractivity contribution is 5.93. The van der Waals surface area contributed by atoms with Crippen molar-refractivity contribution < 1.29 is 38.6 Å². The number of alkyl carbamates (subject to hydrolysis) is 1. The number of carboxylic acid groups (broad SMARTS) is 1. The second kappa shape index (κ2) is 16.3. The first-order valence-electron chi connectivity index (χ1n) is 15.0. The molecular formula is C33H61N3O8. The maximum Gasteiger partial charge on any atom is 0.410 e. The first-order chi connectivity index (χ1) is 19.3. The first kappa shape index (κ1) is 43.0. The van der Waals surface area contributed by atoms with Crippen molar-refractivity contribution in [3.63, 3.8) is 0 Å². The van der Waals surface area contributed by atoms with Crippen LogP contribution in [0.2, 0.25) is 0 Å². The summed E-state index contributed by atoms with van der Waals surface area (Å²) in [5.74, 6) is -1.18. The number of likely N-dealkylation sites (N-methyl/N-ethyl adjacent to an activating group) is 2. The molecule has 0 radical (unpaired) electrons. The highest BCUT2D eigenvalue weighted by Gasteiger charge is 2.39. The molecule has 0 rings (SSSR count). The van der Waals surface area contributed by atoms with Gasteiger partial charge in [-0.1, -0.05) is 61.5 Å². The van der Waals surface area contributed by atoms with Gasteiger partial charge in [0.05, 0.1) is 6.04 Å². The number of hydrogen-bond acceptors (Lipinski definition) is 7. The van der Waals surface area contributed by atoms with E-state index < -0.39 is 52.3 Å². The van der Waals surface area contributed by atoms with Crippen LogP contribution < -0.4 is 5.32 Å². The smallest absolute Gasteiger partial charge is 0.410 e. The summed E-state index contributed by atoms with van der Waals surface area (Å²) in [4.78, 5) is 62.8. The fourth-order valence-electron chi connectivity index (χ4n) is 4.11. The second-order valence-corrected chi connectivity index (χ2v) is 15.7. The molecule has 0 aliphatic rings. The minimum absolute atomic E-state index is 0.0271. The predicted molar refractivity (Wildman–Crippen MR) is 173 cm³/mol. The third-order valence-corrected chi connectivity index (χ3v) is 6.35. The fraction of sp³-hybridized carbons (Fsp3) is 0.788. The number of nitrogens with one attached hydrogen (secondary N) is 1. The van der Waals surface area contributed by atoms with Gasteiger partial charge in [-0.2, -0.15) is 0 Å². The Morgan fingerprint density at radius 3 is 1.45 bits per heavy atom. The first-order valence-corrected chi connectivity index (χ1v) is 15.0. The molecule has 0 spiro atoms. The predicted octanol–water partition coefficient (Wildman–Crippen LogP) is 6.30. The average Bonchev–Trinajstić information content (AvgIpc) is 2.75. The minimum atomic E-state index is -1.04. The van der Waals surface area contributed by atoms with Crippen LogP contribution in [0.25, 0.3) is 0 Å². The van der Waals surface area contributed by atoms with Crippen molar-refractivity contribution in [2.24, 2.45) is 16.7 Å². The minimum Gasteiger partial charge on any atom is -0.480 e. The van der Waals surface area contributed by atoms with Gasteiger partial charge in [0.1, 0.15) is 23.3 Å². The Balaban J connectivity index is 0. The number of carbonyl (C=O) groups excluding carboxylic acids is 4. The molecule has 0 aliphatic carbocycles. The number of rotatable bonds is 8. The van der Waals surface area contributed by atoms with Crippen LogP contribution in [0.4, 0.5) is 9.59 Å². The van der Waals surface area contributed by atoms with E-state index in [1.165, 1.54) is 14.0 Å². The Morgan fingerprint density at radius 1 is 0.727 bits per heavy atom. The van der Waals surface area contributed by atoms with Crippen LogP contribution in [-0.4, -0.2) is 88.2 Å². The summed E-state index contributed by atoms with van der Waals surface area (Å²) in [5, 5.41) is 11.9. The molecule has 0 unspecified atom stereocenters. The zero-order valence-electron chi connectivity index (χ0n) is 30.6. The van der Waals surface area contributed by atoms with Crippen molar-refractivity contribution >= 4 is 29.8 Å². The molecule has 44 heavy (non-hydrogen) atoms. The van der Waals surface area contributed by atoms with E-state index in [-0.39, 0.29) is 23.7 Å². The van der Waals surface area contributed by atoms with Crippen molar-refractivity contribution in [1.29, 1.82) is 0 Å². The van der Waals surface area contributed by atoms with E-state index in [2.05, 4.69) is 5.32 Å². The molecule has 0 aromatic carbocycles. The van der Waals surface area contributed by atoms with Crippen molar-refractivity contribution in [3.05, 3.63) is 11.6 Å². The van der Waals surface area contributed by atoms with Crippen LogP contribution in [-0.2, 0) is 23.9 Å². The van der Waals surface area contributed by atoms with Gasteiger partial charge < -0.3 is 24.8 Å². The third-order valence-electron chi connectivity index (χ3n) is 6.35. The van der Waals surface area contributed by atoms with Crippen LogP contribution in [0.3, 0.4) is 0 Å². The number of amides is 3. The maximum absolute atomic E-state index is 13.2. The summed E-state index contributed by atoms with van der Waals surface area (Å²) in [6.07, 6.45) is 0.568. The average molecular weight is 628 g/mol. The van der Waals surface area contributed by atoms with E-state index in [0.717, 1.165) is 4.90 Å². The number of Topliss-reactive ketones (excluding diaryl/α,β-unsaturated/α-hetero) is 1. The van der Waals surface area contributed by atoms with Gasteiger partial charge in [-0.05, 0) is 77.7 Å². The van der Waals surface area contributed by atoms with Gasteiger partial charge in [0, 0.05) is 14.1 Å². The summed E-state index contributed by atoms with van der Waals surface area (Å²) < 4.78 is 10.5. The zero-order valence-corrected chi connectivity index (χ0v) is 30.6. The lowest BCUT2D eigenvalue weighted by molar-refractivity contribution is -0.146. The van der Waals surface area contributed by atoms with Crippen molar-refractivity contribution in [3.8, 4) is 0 Å². The third kappa shape index (κ3) is 16.1. The molecule has 11 heteroatoms. The van der Waals surface area contributed by atoms with Crippen LogP contribution >= 0.6 is 0 Å². The van der Waals surface area contributed by atoms with Gasteiger partial charge >= 0.3 is 18.2 Å². The Morgan fingerprint density at radius 2 is 1.16 bits per heavy atom. The molecule has 0 aromatic rings. The maximum atomic E-state index is 13.2. The second-order valence-electron chi connectivity index (χ2n) is 15.7. The summed E-state index contributed by atoms with van der Waals surface area (Å²) in [6, 6.07) is -1.94. The summed E-state index contributed by atoms with van der Waals surface area (Å²) in [7, 11) is 3.14. The number of carbonyl (C=O) groups is 5. The van der Waals surface area contributed by atoms with Crippen molar-refractivity contribution in [2.45, 2.75) is 140 Å². The molecule has 256 valence electrons. The lowest BCUT2D eigenvalue weighted by atomic mass is 9.85. The van der Waals surface area contributed by atoms with E-state index in [1.807, 2.05) is 40.7 Å². The highest BCUT2D eigenvalue weighted by Crippen LogP contribution is 2.26. The van der Waals surface area contributed by atoms with Gasteiger partial charge in [-0.3, -0.25) is 14.5 Å². The Kier molecular flexibility index (Phi) is 15.9. The molecule has 0 aromatic heterocycles. The SMILES string of the molecule is CC(=O)/C(C)=C/[C@H](C(C)C)N(C)C(=O)[C@@H](NC(=O)OC(C)(C)C)C(C)(C)C.CN(C(=O)OC(C)(C)C)[C@H](C(=O)O)C(C)(C)C. The van der Waals surface area contributed by atoms with Gasteiger partial charge in [-0.25, -0.2) is 14.4 Å². The number of ketones is 1. The van der Waals surface area contributed by atoms with Crippen molar-refractivity contribution in [2.75, 3.05) is 14.1 Å². The van der Waals surface area contributed by atoms with Crippen molar-refractivity contribution in [1.82, 2.24) is 15.1 Å². The standard InChI is InChI=1S/C21H38N2O4.C12H23NO4/c1-13(2)16(12-14(3)15(4)24)23(11)18(25)17(20(5,6)7)22-19(26)27-21(8,9)10;1-11(2,3)8(9(14)15)13(7)10(16)17-12(4,5)6/h12-13,16-17H,1-11H3,(H,22,26);8H,1-7H3,(H,14,15)/b14-12+;/t16-,17-;8-/m11/s1. The summed E-state index contributed by atoms with van der Waals surface area (Å²) >= 11 is 0. The molecule has 2 N–H and O–H groups in total. The number of aliphatic carboxylic acids is 1. The topological polar surface area (TPSA) is 143 Å². The zero-order chi connectivity index (χ0) is 35.8. The molecule has 0 bridgehead atoms. The quantitative estimate of drug-likeness (QED) is 0.299. The number of hydrogen-bond donors (Lipinski definition) is 2. The number of ether oxygens (including phenoxy) is 2. The molecule has 0 saturated heterocycles. The Labute approximate surface area is 266 Å². The van der Waals surface area contributed by atoms with E-state index in [4.69, 9.17) is 9.47 Å². The molecule has 11 nitrogen and oxygen atoms in total. The monoisotopic (exact) mass is 627 g/mol. The molecule has 3 amide bonds. The number of nitrogens with zero attached hydrogens (tertiary/aromatic N) is 2. The van der Waals surface area contributed by atoms with E-state index >= 15 is 0 Å². The lowest BCUT2D eigenvalue weighted by Crippen LogP contribution is -2.56. The van der Waals surface area contributed by atoms with E-state index in [1.54, 1.807) is 81.2 Å². The number of allylic oxidation sites excluding steroid dienone is 1. The van der Waals surface area contributed by atoms with Crippen LogP contribution in [0, 0.1) is 16.7 Å². The number of carboxylic acids is 1. The van der Waals surface area contributed by atoms with E-state index in [0.29, 0.717) is 5.57 Å². The Bertz CT molecular complexity index is 1040. The van der Waals surface area contributed by atoms with Gasteiger partial charge in [0.2, 0.25) is 5.91 Å². The highest BCUT2D eigenvalue weighted by atomic mass is 16.6. The fourth-order valence-corrected chi connectivity index (χ4v) is 4.11. The van der Waals surface area contributed by atoms with Gasteiger partial charge in [-0.15, -0.1) is 0 Å². The largest absolute Gasteiger partial charge is 0.480 e. The van der Waals surface area contributed by atoms with Crippen LogP contribution in [0.15, 0.2) is 11.6 Å². The van der Waals surface area contributed by atoms with Crippen LogP contribution in [0.5, 0.6) is 0 Å². The molecular weight excluding hydrogens is 566 g/mol. The van der Waals surface area contributed by atoms with Gasteiger partial charge in [0.15, 0.2) is 5.78 Å². The summed E-state index contributed by atoms with van der Waals surface area (Å²) in [5.41, 5.74) is -1.74. The normalized spacial score (nSPS) is 14.8. The Hall–Kier alpha value is -3.11. The molecule has 0 heterocycles. The van der Waals surface area contributed by atoms with Crippen LogP contribution in [0.1, 0.15) is 111 Å². The molecule has 0 aliphatic heterocycles. The summed E-state index contributed by atoms with van der Waals surface area (Å²) in [6.45, 7) is 28.8.